The lowest BCUT2D eigenvalue weighted by molar-refractivity contribution is -0.00917. The third-order valence-electron chi connectivity index (χ3n) is 5.36. The molecule has 1 unspecified atom stereocenters. The molecule has 8 heteroatoms. The summed E-state index contributed by atoms with van der Waals surface area (Å²) < 4.78 is 6.02. The zero-order valence-electron chi connectivity index (χ0n) is 18.0. The van der Waals surface area contributed by atoms with Gasteiger partial charge in [0, 0.05) is 29.9 Å². The molecule has 0 aliphatic carbocycles. The van der Waals surface area contributed by atoms with Crippen molar-refractivity contribution < 1.29 is 4.74 Å². The van der Waals surface area contributed by atoms with Crippen LogP contribution >= 0.6 is 0 Å². The highest BCUT2D eigenvalue weighted by atomic mass is 16.5. The van der Waals surface area contributed by atoms with E-state index in [2.05, 4.69) is 61.1 Å². The first-order valence-electron chi connectivity index (χ1n) is 10.6. The Balaban J connectivity index is 1.30. The van der Waals surface area contributed by atoms with Gasteiger partial charge in [-0.2, -0.15) is 5.10 Å². The van der Waals surface area contributed by atoms with E-state index < -0.39 is 0 Å². The molecule has 0 saturated carbocycles. The second kappa shape index (κ2) is 8.36. The average molecular weight is 425 g/mol. The van der Waals surface area contributed by atoms with Gasteiger partial charge < -0.3 is 10.1 Å². The maximum absolute atomic E-state index is 6.02. The normalized spacial score (nSPS) is 17.1. The number of rotatable bonds is 4. The summed E-state index contributed by atoms with van der Waals surface area (Å²) in [5, 5.41) is 11.3. The van der Waals surface area contributed by atoms with Crippen molar-refractivity contribution in [2.75, 3.05) is 11.9 Å². The third-order valence-corrected chi connectivity index (χ3v) is 5.36. The molecule has 8 nitrogen and oxygen atoms in total. The first kappa shape index (κ1) is 20.1. The number of anilines is 1. The lowest BCUT2D eigenvalue weighted by Gasteiger charge is -2.19. The minimum absolute atomic E-state index is 0.0609. The standard InChI is InChI=1S/C24H23N7O/c1-24(2)10-7-19(32-24)15-27-23-26-12-9-21(30-23)22-25-11-8-18(29-22)5-3-16-4-6-20-17(13-16)14-28-31-20/h4,6,8-9,11-14,19H,7,10,15H2,1-2H3,(H,28,31)(H,26,27,30). The van der Waals surface area contributed by atoms with Crippen LogP contribution in [0.1, 0.15) is 37.9 Å². The summed E-state index contributed by atoms with van der Waals surface area (Å²) in [6.07, 6.45) is 7.41. The van der Waals surface area contributed by atoms with Crippen LogP contribution in [-0.2, 0) is 4.74 Å². The highest BCUT2D eigenvalue weighted by Crippen LogP contribution is 2.29. The number of hydrogen-bond acceptors (Lipinski definition) is 7. The molecule has 5 rings (SSSR count). The molecule has 0 radical (unpaired) electrons. The minimum Gasteiger partial charge on any atom is -0.371 e. The summed E-state index contributed by atoms with van der Waals surface area (Å²) in [4.78, 5) is 17.8. The van der Waals surface area contributed by atoms with Crippen molar-refractivity contribution in [1.82, 2.24) is 30.1 Å². The number of nitrogens with one attached hydrogen (secondary N) is 2. The van der Waals surface area contributed by atoms with Gasteiger partial charge in [-0.05, 0) is 62.9 Å². The summed E-state index contributed by atoms with van der Waals surface area (Å²) in [7, 11) is 0. The smallest absolute Gasteiger partial charge is 0.223 e. The van der Waals surface area contributed by atoms with Gasteiger partial charge in [0.1, 0.15) is 11.4 Å². The molecule has 32 heavy (non-hydrogen) atoms. The van der Waals surface area contributed by atoms with Crippen molar-refractivity contribution >= 4 is 16.9 Å². The molecule has 1 aromatic carbocycles. The van der Waals surface area contributed by atoms with E-state index in [1.807, 2.05) is 18.2 Å². The van der Waals surface area contributed by atoms with Gasteiger partial charge in [0.15, 0.2) is 5.82 Å². The highest BCUT2D eigenvalue weighted by molar-refractivity contribution is 5.79. The Morgan fingerprint density at radius 3 is 2.91 bits per heavy atom. The molecule has 4 aromatic rings. The van der Waals surface area contributed by atoms with E-state index >= 15 is 0 Å². The number of hydrogen-bond donors (Lipinski definition) is 2. The van der Waals surface area contributed by atoms with Gasteiger partial charge in [0.2, 0.25) is 5.95 Å². The number of nitrogens with zero attached hydrogens (tertiary/aromatic N) is 5. The van der Waals surface area contributed by atoms with E-state index in [-0.39, 0.29) is 11.7 Å². The molecule has 1 saturated heterocycles. The SMILES string of the molecule is CC1(C)CCC(CNc2nccc(-c3nccc(C#Cc4ccc5[nH]ncc5c4)n3)n2)O1. The Labute approximate surface area is 185 Å². The van der Waals surface area contributed by atoms with E-state index in [0.717, 1.165) is 29.3 Å². The maximum Gasteiger partial charge on any atom is 0.223 e. The van der Waals surface area contributed by atoms with Gasteiger partial charge in [-0.15, -0.1) is 0 Å². The molecule has 4 heterocycles. The third kappa shape index (κ3) is 4.58. The molecular weight excluding hydrogens is 402 g/mol. The van der Waals surface area contributed by atoms with Crippen LogP contribution in [0.3, 0.4) is 0 Å². The molecule has 1 atom stereocenters. The van der Waals surface area contributed by atoms with Crippen LogP contribution in [-0.4, -0.2) is 48.4 Å². The summed E-state index contributed by atoms with van der Waals surface area (Å²) in [5.41, 5.74) is 3.08. The number of ether oxygens (including phenoxy) is 1. The summed E-state index contributed by atoms with van der Waals surface area (Å²) >= 11 is 0. The first-order chi connectivity index (χ1) is 15.5. The van der Waals surface area contributed by atoms with E-state index in [1.54, 1.807) is 30.7 Å². The highest BCUT2D eigenvalue weighted by Gasteiger charge is 2.31. The molecule has 0 bridgehead atoms. The molecule has 1 aliphatic heterocycles. The number of H-pyrrole nitrogens is 1. The van der Waals surface area contributed by atoms with Crippen molar-refractivity contribution in [2.24, 2.45) is 0 Å². The largest absolute Gasteiger partial charge is 0.371 e. The lowest BCUT2D eigenvalue weighted by Crippen LogP contribution is -2.25. The maximum atomic E-state index is 6.02. The van der Waals surface area contributed by atoms with Crippen LogP contribution < -0.4 is 5.32 Å². The Kier molecular flexibility index (Phi) is 5.25. The minimum atomic E-state index is -0.0609. The molecule has 1 fully saturated rings. The second-order valence-corrected chi connectivity index (χ2v) is 8.37. The van der Waals surface area contributed by atoms with Crippen LogP contribution in [0.15, 0.2) is 48.9 Å². The topological polar surface area (TPSA) is 102 Å². The fourth-order valence-corrected chi connectivity index (χ4v) is 3.70. The number of benzene rings is 1. The van der Waals surface area contributed by atoms with Gasteiger partial charge in [-0.25, -0.2) is 19.9 Å². The van der Waals surface area contributed by atoms with E-state index in [9.17, 15) is 0 Å². The monoisotopic (exact) mass is 425 g/mol. The zero-order chi connectivity index (χ0) is 22.0. The van der Waals surface area contributed by atoms with E-state index in [1.165, 1.54) is 0 Å². The first-order valence-corrected chi connectivity index (χ1v) is 10.6. The average Bonchev–Trinajstić information content (AvgIpc) is 3.42. The number of aromatic amines is 1. The molecule has 3 aromatic heterocycles. The van der Waals surface area contributed by atoms with Crippen LogP contribution in [0.25, 0.3) is 22.4 Å². The van der Waals surface area contributed by atoms with Crippen LogP contribution in [0.2, 0.25) is 0 Å². The molecular formula is C24H23N7O. The van der Waals surface area contributed by atoms with Gasteiger partial charge in [0.05, 0.1) is 23.4 Å². The van der Waals surface area contributed by atoms with Crippen molar-refractivity contribution in [2.45, 2.75) is 38.4 Å². The predicted octanol–water partition coefficient (Wildman–Crippen LogP) is 3.58. The summed E-state index contributed by atoms with van der Waals surface area (Å²) in [6.45, 7) is 4.90. The van der Waals surface area contributed by atoms with E-state index in [0.29, 0.717) is 29.7 Å². The van der Waals surface area contributed by atoms with Crippen LogP contribution in [0, 0.1) is 11.8 Å². The zero-order valence-corrected chi connectivity index (χ0v) is 18.0. The Morgan fingerprint density at radius 2 is 2.03 bits per heavy atom. The van der Waals surface area contributed by atoms with Gasteiger partial charge in [-0.3, -0.25) is 5.10 Å². The quantitative estimate of drug-likeness (QED) is 0.482. The second-order valence-electron chi connectivity index (χ2n) is 8.37. The number of aromatic nitrogens is 6. The van der Waals surface area contributed by atoms with Crippen molar-refractivity contribution in [3.63, 3.8) is 0 Å². The summed E-state index contributed by atoms with van der Waals surface area (Å²) in [5.74, 6) is 7.29. The molecule has 0 amide bonds. The van der Waals surface area contributed by atoms with Gasteiger partial charge in [-0.1, -0.05) is 5.92 Å². The Morgan fingerprint density at radius 1 is 1.12 bits per heavy atom. The van der Waals surface area contributed by atoms with Crippen LogP contribution in [0.5, 0.6) is 0 Å². The Hall–Kier alpha value is -3.83. The van der Waals surface area contributed by atoms with Gasteiger partial charge in [0.25, 0.3) is 0 Å². The summed E-state index contributed by atoms with van der Waals surface area (Å²) in [6, 6.07) is 9.48. The molecule has 1 aliphatic rings. The molecule has 2 N–H and O–H groups in total. The van der Waals surface area contributed by atoms with Crippen molar-refractivity contribution in [1.29, 1.82) is 0 Å². The van der Waals surface area contributed by atoms with Crippen molar-refractivity contribution in [3.05, 3.63) is 60.2 Å². The fourth-order valence-electron chi connectivity index (χ4n) is 3.70. The Bertz CT molecular complexity index is 1320. The molecule has 160 valence electrons. The van der Waals surface area contributed by atoms with Gasteiger partial charge >= 0.3 is 0 Å². The number of fused-ring (bicyclic) bond motifs is 1. The van der Waals surface area contributed by atoms with E-state index in [4.69, 9.17) is 4.74 Å². The lowest BCUT2D eigenvalue weighted by atomic mass is 10.1. The van der Waals surface area contributed by atoms with Crippen LogP contribution in [0.4, 0.5) is 5.95 Å². The molecule has 0 spiro atoms. The predicted molar refractivity (Wildman–Crippen MR) is 122 cm³/mol. The van der Waals surface area contributed by atoms with Crippen molar-refractivity contribution in [3.8, 4) is 23.4 Å². The fraction of sp³-hybridized carbons (Fsp3) is 0.292.